The maximum atomic E-state index is 12.6. The van der Waals surface area contributed by atoms with Crippen molar-refractivity contribution in [1.29, 1.82) is 0 Å². The number of carbonyl (C=O) groups is 2. The predicted molar refractivity (Wildman–Crippen MR) is 90.8 cm³/mol. The van der Waals surface area contributed by atoms with Crippen molar-refractivity contribution < 1.29 is 19.2 Å². The van der Waals surface area contributed by atoms with E-state index in [0.717, 1.165) is 43.0 Å². The summed E-state index contributed by atoms with van der Waals surface area (Å²) in [6.45, 7) is 9.65. The van der Waals surface area contributed by atoms with Crippen molar-refractivity contribution in [2.75, 3.05) is 25.0 Å². The summed E-state index contributed by atoms with van der Waals surface area (Å²) in [6, 6.07) is -0.160. The standard InChI is InChI=1S/C17H28N4O3/c1-6-24-17(23)14-7-9-21(10-8-14)13(4)16(22)18-15-11(2)19-20(5)12(15)3/h13-14H,6-10H2,1-5H3,(H,18,22)/p+1/t13-/m1/s1. The van der Waals surface area contributed by atoms with E-state index >= 15 is 0 Å². The van der Waals surface area contributed by atoms with E-state index in [1.54, 1.807) is 4.68 Å². The van der Waals surface area contributed by atoms with Crippen LogP contribution < -0.4 is 10.2 Å². The molecule has 0 radical (unpaired) electrons. The molecular formula is C17H29N4O3+. The van der Waals surface area contributed by atoms with Gasteiger partial charge in [0.25, 0.3) is 5.91 Å². The summed E-state index contributed by atoms with van der Waals surface area (Å²) in [7, 11) is 1.87. The third-order valence-electron chi connectivity index (χ3n) is 5.01. The Balaban J connectivity index is 1.91. The molecule has 1 aromatic heterocycles. The Morgan fingerprint density at radius 1 is 1.38 bits per heavy atom. The summed E-state index contributed by atoms with van der Waals surface area (Å²) >= 11 is 0. The van der Waals surface area contributed by atoms with Gasteiger partial charge in [0.1, 0.15) is 0 Å². The number of rotatable bonds is 5. The number of anilines is 1. The van der Waals surface area contributed by atoms with Gasteiger partial charge in [0.2, 0.25) is 0 Å². The van der Waals surface area contributed by atoms with Gasteiger partial charge in [-0.2, -0.15) is 5.10 Å². The topological polar surface area (TPSA) is 77.7 Å². The molecule has 1 aliphatic rings. The van der Waals surface area contributed by atoms with Gasteiger partial charge in [0.15, 0.2) is 6.04 Å². The molecule has 7 nitrogen and oxygen atoms in total. The molecule has 2 heterocycles. The molecule has 7 heteroatoms. The van der Waals surface area contributed by atoms with Gasteiger partial charge in [-0.3, -0.25) is 14.3 Å². The second kappa shape index (κ2) is 7.79. The van der Waals surface area contributed by atoms with Crippen molar-refractivity contribution in [3.05, 3.63) is 11.4 Å². The lowest BCUT2D eigenvalue weighted by Gasteiger charge is -2.31. The van der Waals surface area contributed by atoms with Crippen molar-refractivity contribution >= 4 is 17.6 Å². The number of aryl methyl sites for hydroxylation is 2. The van der Waals surface area contributed by atoms with E-state index in [9.17, 15) is 9.59 Å². The van der Waals surface area contributed by atoms with Crippen LogP contribution in [-0.4, -0.2) is 47.4 Å². The van der Waals surface area contributed by atoms with Crippen molar-refractivity contribution in [2.45, 2.75) is 46.6 Å². The van der Waals surface area contributed by atoms with Crippen LogP contribution in [0.4, 0.5) is 5.69 Å². The highest BCUT2D eigenvalue weighted by Gasteiger charge is 2.33. The molecule has 0 saturated carbocycles. The molecule has 0 bridgehead atoms. The van der Waals surface area contributed by atoms with E-state index in [-0.39, 0.29) is 23.8 Å². The number of hydrogen-bond acceptors (Lipinski definition) is 4. The Hall–Kier alpha value is -1.89. The molecule has 0 aromatic carbocycles. The lowest BCUT2D eigenvalue weighted by molar-refractivity contribution is -0.919. The number of nitrogens with zero attached hydrogens (tertiary/aromatic N) is 2. The molecule has 134 valence electrons. The Labute approximate surface area is 143 Å². The number of likely N-dealkylation sites (tertiary alicyclic amines) is 1. The number of piperidine rings is 1. The van der Waals surface area contributed by atoms with E-state index in [1.165, 1.54) is 4.90 Å². The fourth-order valence-electron chi connectivity index (χ4n) is 3.29. The number of ether oxygens (including phenoxy) is 1. The predicted octanol–water partition coefficient (Wildman–Crippen LogP) is 0.222. The van der Waals surface area contributed by atoms with E-state index < -0.39 is 0 Å². The maximum absolute atomic E-state index is 12.6. The third kappa shape index (κ3) is 3.95. The van der Waals surface area contributed by atoms with Crippen LogP contribution in [0.3, 0.4) is 0 Å². The minimum atomic E-state index is -0.160. The summed E-state index contributed by atoms with van der Waals surface area (Å²) < 4.78 is 6.87. The number of esters is 1. The molecular weight excluding hydrogens is 308 g/mol. The van der Waals surface area contributed by atoms with Crippen LogP contribution in [-0.2, 0) is 21.4 Å². The Morgan fingerprint density at radius 2 is 2.00 bits per heavy atom. The number of quaternary nitrogens is 1. The van der Waals surface area contributed by atoms with Gasteiger partial charge in [0.05, 0.1) is 42.7 Å². The SMILES string of the molecule is CCOC(=O)C1CC[NH+]([C@H](C)C(=O)Nc2c(C)nn(C)c2C)CC1. The van der Waals surface area contributed by atoms with Gasteiger partial charge < -0.3 is 15.0 Å². The van der Waals surface area contributed by atoms with Crippen LogP contribution in [0.1, 0.15) is 38.1 Å². The molecule has 1 atom stereocenters. The molecule has 0 aliphatic carbocycles. The highest BCUT2D eigenvalue weighted by molar-refractivity contribution is 5.94. The fraction of sp³-hybridized carbons (Fsp3) is 0.706. The summed E-state index contributed by atoms with van der Waals surface area (Å²) in [5.74, 6) is -0.124. The largest absolute Gasteiger partial charge is 0.466 e. The van der Waals surface area contributed by atoms with Crippen LogP contribution >= 0.6 is 0 Å². The molecule has 2 rings (SSSR count). The highest BCUT2D eigenvalue weighted by atomic mass is 16.5. The number of carbonyl (C=O) groups excluding carboxylic acids is 2. The Morgan fingerprint density at radius 3 is 2.50 bits per heavy atom. The van der Waals surface area contributed by atoms with E-state index in [1.807, 2.05) is 34.7 Å². The summed E-state index contributed by atoms with van der Waals surface area (Å²) in [4.78, 5) is 25.6. The van der Waals surface area contributed by atoms with E-state index in [2.05, 4.69) is 10.4 Å². The number of amides is 1. The summed E-state index contributed by atoms with van der Waals surface area (Å²) in [6.07, 6.45) is 1.55. The normalized spacial score (nSPS) is 22.0. The first-order valence-electron chi connectivity index (χ1n) is 8.67. The summed E-state index contributed by atoms with van der Waals surface area (Å²) in [5, 5.41) is 7.34. The number of nitrogens with one attached hydrogen (secondary N) is 2. The lowest BCUT2D eigenvalue weighted by atomic mass is 9.96. The molecule has 1 fully saturated rings. The van der Waals surface area contributed by atoms with Crippen LogP contribution in [0.5, 0.6) is 0 Å². The van der Waals surface area contributed by atoms with Crippen molar-refractivity contribution in [2.24, 2.45) is 13.0 Å². The van der Waals surface area contributed by atoms with Crippen molar-refractivity contribution in [1.82, 2.24) is 9.78 Å². The van der Waals surface area contributed by atoms with Gasteiger partial charge in [0, 0.05) is 19.9 Å². The maximum Gasteiger partial charge on any atom is 0.309 e. The average Bonchev–Trinajstić information content (AvgIpc) is 2.80. The zero-order valence-electron chi connectivity index (χ0n) is 15.3. The van der Waals surface area contributed by atoms with Crippen molar-refractivity contribution in [3.8, 4) is 0 Å². The number of aromatic nitrogens is 2. The first-order valence-corrected chi connectivity index (χ1v) is 8.67. The second-order valence-corrected chi connectivity index (χ2v) is 6.56. The second-order valence-electron chi connectivity index (χ2n) is 6.56. The van der Waals surface area contributed by atoms with Crippen LogP contribution in [0.25, 0.3) is 0 Å². The summed E-state index contributed by atoms with van der Waals surface area (Å²) in [5.41, 5.74) is 2.57. The third-order valence-corrected chi connectivity index (χ3v) is 5.01. The smallest absolute Gasteiger partial charge is 0.309 e. The Kier molecular flexibility index (Phi) is 5.99. The molecule has 1 aliphatic heterocycles. The van der Waals surface area contributed by atoms with Gasteiger partial charge >= 0.3 is 5.97 Å². The van der Waals surface area contributed by atoms with E-state index in [4.69, 9.17) is 4.74 Å². The molecule has 24 heavy (non-hydrogen) atoms. The highest BCUT2D eigenvalue weighted by Crippen LogP contribution is 2.18. The molecule has 1 aromatic rings. The van der Waals surface area contributed by atoms with Gasteiger partial charge in [-0.1, -0.05) is 0 Å². The van der Waals surface area contributed by atoms with Gasteiger partial charge in [-0.15, -0.1) is 0 Å². The fourth-order valence-corrected chi connectivity index (χ4v) is 3.29. The van der Waals surface area contributed by atoms with Gasteiger partial charge in [-0.05, 0) is 27.7 Å². The molecule has 1 amide bonds. The molecule has 0 unspecified atom stereocenters. The van der Waals surface area contributed by atoms with E-state index in [0.29, 0.717) is 6.61 Å². The minimum absolute atomic E-state index is 0.00113. The number of hydrogen-bond donors (Lipinski definition) is 2. The minimum Gasteiger partial charge on any atom is -0.466 e. The molecule has 0 spiro atoms. The lowest BCUT2D eigenvalue weighted by Crippen LogP contribution is -3.17. The van der Waals surface area contributed by atoms with Gasteiger partial charge in [-0.25, -0.2) is 0 Å². The van der Waals surface area contributed by atoms with Crippen LogP contribution in [0.2, 0.25) is 0 Å². The molecule has 2 N–H and O–H groups in total. The Bertz CT molecular complexity index is 603. The van der Waals surface area contributed by atoms with Crippen molar-refractivity contribution in [3.63, 3.8) is 0 Å². The molecule has 1 saturated heterocycles. The van der Waals surface area contributed by atoms with Crippen LogP contribution in [0.15, 0.2) is 0 Å². The first-order chi connectivity index (χ1) is 11.3. The zero-order chi connectivity index (χ0) is 17.9. The zero-order valence-corrected chi connectivity index (χ0v) is 15.3. The monoisotopic (exact) mass is 337 g/mol. The quantitative estimate of drug-likeness (QED) is 0.754. The average molecular weight is 337 g/mol. The first kappa shape index (κ1) is 18.4. The van der Waals surface area contributed by atoms with Crippen LogP contribution in [0, 0.1) is 19.8 Å².